The van der Waals surface area contributed by atoms with E-state index in [0.29, 0.717) is 18.7 Å². The highest BCUT2D eigenvalue weighted by atomic mass is 16.5. The number of ether oxygens (including phenoxy) is 1. The van der Waals surface area contributed by atoms with Crippen LogP contribution in [-0.4, -0.2) is 42.1 Å². The number of nitrogens with zero attached hydrogens (tertiary/aromatic N) is 2. The summed E-state index contributed by atoms with van der Waals surface area (Å²) in [6.07, 6.45) is 4.94. The second kappa shape index (κ2) is 11.5. The summed E-state index contributed by atoms with van der Waals surface area (Å²) < 4.78 is 5.16. The average molecular weight is 368 g/mol. The Morgan fingerprint density at radius 1 is 1.33 bits per heavy atom. The summed E-state index contributed by atoms with van der Waals surface area (Å²) in [5.74, 6) is -1.03. The number of carbonyl (C=O) groups excluding carboxylic acids is 1. The van der Waals surface area contributed by atoms with Crippen molar-refractivity contribution in [1.82, 2.24) is 4.90 Å². The smallest absolute Gasteiger partial charge is 0.319 e. The molecular weight excluding hydrogens is 340 g/mol. The van der Waals surface area contributed by atoms with E-state index in [-0.39, 0.29) is 18.2 Å². The van der Waals surface area contributed by atoms with E-state index in [2.05, 4.69) is 18.2 Å². The number of nitrogens with one attached hydrogen (secondary N) is 1. The van der Waals surface area contributed by atoms with E-state index >= 15 is 0 Å². The van der Waals surface area contributed by atoms with Crippen LogP contribution < -0.4 is 5.73 Å². The van der Waals surface area contributed by atoms with E-state index < -0.39 is 11.9 Å². The van der Waals surface area contributed by atoms with E-state index in [1.165, 1.54) is 0 Å². The van der Waals surface area contributed by atoms with Crippen molar-refractivity contribution in [2.45, 2.75) is 13.8 Å². The van der Waals surface area contributed by atoms with Gasteiger partial charge in [-0.1, -0.05) is 43.5 Å². The summed E-state index contributed by atoms with van der Waals surface area (Å²) in [5.41, 5.74) is 7.64. The Bertz CT molecular complexity index is 715. The minimum absolute atomic E-state index is 0.181. The van der Waals surface area contributed by atoms with Crippen LogP contribution in [-0.2, 0) is 9.53 Å². The van der Waals surface area contributed by atoms with Gasteiger partial charge >= 0.3 is 5.97 Å². The fourth-order valence-electron chi connectivity index (χ4n) is 2.48. The lowest BCUT2D eigenvalue weighted by Gasteiger charge is -2.19. The van der Waals surface area contributed by atoms with Crippen molar-refractivity contribution in [3.63, 3.8) is 0 Å². The van der Waals surface area contributed by atoms with Crippen molar-refractivity contribution >= 4 is 23.1 Å². The van der Waals surface area contributed by atoms with Gasteiger partial charge in [0.15, 0.2) is 0 Å². The molecule has 6 nitrogen and oxygen atoms in total. The quantitative estimate of drug-likeness (QED) is 0.356. The number of aliphatic imine (C=N–C) groups is 1. The molecule has 3 N–H and O–H groups in total. The highest BCUT2D eigenvalue weighted by Crippen LogP contribution is 2.26. The van der Waals surface area contributed by atoms with Gasteiger partial charge in [-0.3, -0.25) is 9.79 Å². The Hall–Kier alpha value is -3.15. The maximum atomic E-state index is 12.4. The third-order valence-corrected chi connectivity index (χ3v) is 3.80. The first-order chi connectivity index (χ1) is 12.9. The number of hydrogen-bond acceptors (Lipinski definition) is 5. The topological polar surface area (TPSA) is 91.8 Å². The molecule has 0 spiro atoms. The average Bonchev–Trinajstić information content (AvgIpc) is 2.65. The number of benzene rings is 1. The highest BCUT2D eigenvalue weighted by molar-refractivity contribution is 6.13. The molecule has 6 heteroatoms. The molecule has 0 aliphatic heterocycles. The molecule has 0 radical (unpaired) electrons. The lowest BCUT2D eigenvalue weighted by atomic mass is 9.88. The number of hydrogen-bond donors (Lipinski definition) is 2. The van der Waals surface area contributed by atoms with Crippen molar-refractivity contribution in [1.29, 1.82) is 5.41 Å². The second-order valence-electron chi connectivity index (χ2n) is 5.74. The molecule has 1 rings (SSSR count). The van der Waals surface area contributed by atoms with Gasteiger partial charge in [-0.2, -0.15) is 0 Å². The molecule has 1 unspecified atom stereocenters. The van der Waals surface area contributed by atoms with Crippen LogP contribution in [0.2, 0.25) is 0 Å². The normalized spacial score (nSPS) is 12.8. The fourth-order valence-corrected chi connectivity index (χ4v) is 2.48. The molecule has 0 aliphatic carbocycles. The number of amidine groups is 1. The monoisotopic (exact) mass is 368 g/mol. The largest absolute Gasteiger partial charge is 0.465 e. The summed E-state index contributed by atoms with van der Waals surface area (Å²) in [4.78, 5) is 18.6. The summed E-state index contributed by atoms with van der Waals surface area (Å²) in [7, 11) is 0. The van der Waals surface area contributed by atoms with Crippen LogP contribution >= 0.6 is 0 Å². The third kappa shape index (κ3) is 6.93. The van der Waals surface area contributed by atoms with E-state index in [1.54, 1.807) is 37.2 Å². The predicted octanol–water partition coefficient (Wildman–Crippen LogP) is 3.24. The molecule has 0 aromatic heterocycles. The van der Waals surface area contributed by atoms with E-state index in [1.807, 2.05) is 30.3 Å². The lowest BCUT2D eigenvalue weighted by molar-refractivity contribution is -0.143. The zero-order valence-corrected chi connectivity index (χ0v) is 16.0. The Balaban J connectivity index is 3.22. The lowest BCUT2D eigenvalue weighted by Crippen LogP contribution is -2.26. The molecule has 1 atom stereocenters. The SMILES string of the molecule is C=CN(C=C)CCN=C(N)/C=C(\c1ccccc1)C(C(C)=N)C(=O)OCC. The van der Waals surface area contributed by atoms with Crippen LogP contribution in [0.4, 0.5) is 0 Å². The van der Waals surface area contributed by atoms with Crippen LogP contribution in [0.5, 0.6) is 0 Å². The van der Waals surface area contributed by atoms with Crippen molar-refractivity contribution in [3.05, 3.63) is 67.5 Å². The van der Waals surface area contributed by atoms with Gasteiger partial charge in [-0.25, -0.2) is 0 Å². The van der Waals surface area contributed by atoms with E-state index in [4.69, 9.17) is 15.9 Å². The second-order valence-corrected chi connectivity index (χ2v) is 5.74. The minimum atomic E-state index is -0.834. The first-order valence-corrected chi connectivity index (χ1v) is 8.74. The summed E-state index contributed by atoms with van der Waals surface area (Å²) in [5, 5.41) is 8.08. The molecule has 1 aromatic rings. The first-order valence-electron chi connectivity index (χ1n) is 8.74. The fraction of sp³-hybridized carbons (Fsp3) is 0.286. The molecule has 0 saturated heterocycles. The molecular formula is C21H28N4O2. The molecule has 144 valence electrons. The molecule has 0 amide bonds. The first kappa shape index (κ1) is 21.9. The number of esters is 1. The Morgan fingerprint density at radius 3 is 2.48 bits per heavy atom. The van der Waals surface area contributed by atoms with Gasteiger partial charge in [0.1, 0.15) is 11.8 Å². The van der Waals surface area contributed by atoms with Crippen LogP contribution in [0, 0.1) is 11.3 Å². The molecule has 0 heterocycles. The van der Waals surface area contributed by atoms with Crippen molar-refractivity contribution < 1.29 is 9.53 Å². The number of rotatable bonds is 11. The van der Waals surface area contributed by atoms with E-state index in [9.17, 15) is 4.79 Å². The third-order valence-electron chi connectivity index (χ3n) is 3.80. The van der Waals surface area contributed by atoms with Gasteiger partial charge in [-0.15, -0.1) is 0 Å². The van der Waals surface area contributed by atoms with Crippen molar-refractivity contribution in [3.8, 4) is 0 Å². The Kier molecular flexibility index (Phi) is 9.29. The molecule has 0 bridgehead atoms. The standard InChI is InChI=1S/C21H28N4O2/c1-5-25(6-2)14-13-24-19(23)15-18(17-11-9-8-10-12-17)20(16(4)22)21(26)27-7-3/h5-6,8-12,15,20,22H,1-2,7,13-14H2,3-4H3,(H2,23,24)/b18-15+,22-16?. The number of carbonyl (C=O) groups is 1. The van der Waals surface area contributed by atoms with Gasteiger partial charge in [0.25, 0.3) is 0 Å². The maximum Gasteiger partial charge on any atom is 0.319 e. The van der Waals surface area contributed by atoms with Crippen LogP contribution in [0.15, 0.2) is 67.0 Å². The van der Waals surface area contributed by atoms with Gasteiger partial charge in [0, 0.05) is 12.3 Å². The van der Waals surface area contributed by atoms with Crippen LogP contribution in [0.1, 0.15) is 19.4 Å². The molecule has 27 heavy (non-hydrogen) atoms. The summed E-state index contributed by atoms with van der Waals surface area (Å²) in [6, 6.07) is 9.35. The maximum absolute atomic E-state index is 12.4. The van der Waals surface area contributed by atoms with Gasteiger partial charge in [0.05, 0.1) is 13.2 Å². The zero-order chi connectivity index (χ0) is 20.2. The molecule has 0 saturated carbocycles. The van der Waals surface area contributed by atoms with Crippen molar-refractivity contribution in [2.75, 3.05) is 19.7 Å². The number of nitrogens with two attached hydrogens (primary N) is 1. The van der Waals surface area contributed by atoms with Gasteiger partial charge in [0.2, 0.25) is 0 Å². The minimum Gasteiger partial charge on any atom is -0.465 e. The molecule has 0 fully saturated rings. The summed E-state index contributed by atoms with van der Waals surface area (Å²) in [6.45, 7) is 12.0. The van der Waals surface area contributed by atoms with E-state index in [0.717, 1.165) is 5.56 Å². The highest BCUT2D eigenvalue weighted by Gasteiger charge is 2.27. The summed E-state index contributed by atoms with van der Waals surface area (Å²) >= 11 is 0. The molecule has 0 aliphatic rings. The van der Waals surface area contributed by atoms with Gasteiger partial charge in [-0.05, 0) is 43.5 Å². The Morgan fingerprint density at radius 2 is 1.96 bits per heavy atom. The predicted molar refractivity (Wildman–Crippen MR) is 112 cm³/mol. The Labute approximate surface area is 161 Å². The van der Waals surface area contributed by atoms with Gasteiger partial charge < -0.3 is 20.8 Å². The van der Waals surface area contributed by atoms with Crippen molar-refractivity contribution in [2.24, 2.45) is 16.6 Å². The zero-order valence-electron chi connectivity index (χ0n) is 16.0. The van der Waals surface area contributed by atoms with Crippen LogP contribution in [0.25, 0.3) is 5.57 Å². The van der Waals surface area contributed by atoms with Crippen LogP contribution in [0.3, 0.4) is 0 Å². The molecule has 1 aromatic carbocycles.